The number of ether oxygens (including phenoxy) is 1. The molecule has 1 aromatic rings. The molecule has 0 bridgehead atoms. The van der Waals surface area contributed by atoms with Gasteiger partial charge in [0.2, 0.25) is 17.7 Å². The van der Waals surface area contributed by atoms with E-state index in [0.717, 1.165) is 18.5 Å². The first-order valence-electron chi connectivity index (χ1n) is 13.9. The molecule has 4 aliphatic heterocycles. The summed E-state index contributed by atoms with van der Waals surface area (Å²) in [5, 5.41) is 10.4. The summed E-state index contributed by atoms with van der Waals surface area (Å²) < 4.78 is 6.71. The predicted molar refractivity (Wildman–Crippen MR) is 144 cm³/mol. The predicted octanol–water partition coefficient (Wildman–Crippen LogP) is 2.78. The van der Waals surface area contributed by atoms with Gasteiger partial charge in [-0.1, -0.05) is 69.7 Å². The van der Waals surface area contributed by atoms with E-state index in [4.69, 9.17) is 4.74 Å². The molecule has 1 aromatic carbocycles. The first kappa shape index (κ1) is 26.6. The number of anilines is 1. The van der Waals surface area contributed by atoms with E-state index < -0.39 is 35.6 Å². The molecule has 0 aromatic heterocycles. The lowest BCUT2D eigenvalue weighted by Gasteiger charge is -2.39. The Kier molecular flexibility index (Phi) is 7.47. The molecule has 5 rings (SSSR count). The molecular weight excluding hydrogens is 482 g/mol. The van der Waals surface area contributed by atoms with Crippen LogP contribution in [0, 0.1) is 17.8 Å². The van der Waals surface area contributed by atoms with Gasteiger partial charge in [0.1, 0.15) is 11.6 Å². The summed E-state index contributed by atoms with van der Waals surface area (Å²) in [4.78, 5) is 47.8. The molecule has 2 saturated heterocycles. The lowest BCUT2D eigenvalue weighted by molar-refractivity contribution is -0.150. The number of rotatable bonds is 8. The highest BCUT2D eigenvalue weighted by Crippen LogP contribution is 2.54. The second-order valence-corrected chi connectivity index (χ2v) is 11.3. The van der Waals surface area contributed by atoms with Gasteiger partial charge in [0.25, 0.3) is 0 Å². The largest absolute Gasteiger partial charge is 0.394 e. The van der Waals surface area contributed by atoms with Gasteiger partial charge in [-0.3, -0.25) is 14.4 Å². The summed E-state index contributed by atoms with van der Waals surface area (Å²) in [6.07, 6.45) is 9.30. The van der Waals surface area contributed by atoms with Crippen molar-refractivity contribution in [2.45, 2.75) is 63.8 Å². The van der Waals surface area contributed by atoms with Gasteiger partial charge in [-0.25, -0.2) is 0 Å². The van der Waals surface area contributed by atoms with E-state index >= 15 is 0 Å². The van der Waals surface area contributed by atoms with Crippen LogP contribution >= 0.6 is 0 Å². The minimum Gasteiger partial charge on any atom is -0.394 e. The van der Waals surface area contributed by atoms with Crippen molar-refractivity contribution >= 4 is 23.4 Å². The number of benzene rings is 1. The second kappa shape index (κ2) is 10.7. The fraction of sp³-hybridized carbons (Fsp3) is 0.567. The summed E-state index contributed by atoms with van der Waals surface area (Å²) in [5.41, 5.74) is -0.511. The van der Waals surface area contributed by atoms with E-state index in [2.05, 4.69) is 6.92 Å². The van der Waals surface area contributed by atoms with Crippen LogP contribution in [0.3, 0.4) is 0 Å². The Morgan fingerprint density at radius 2 is 1.82 bits per heavy atom. The van der Waals surface area contributed by atoms with Crippen molar-refractivity contribution in [3.05, 3.63) is 54.6 Å². The Labute approximate surface area is 224 Å². The van der Waals surface area contributed by atoms with Gasteiger partial charge in [-0.15, -0.1) is 0 Å². The van der Waals surface area contributed by atoms with E-state index in [1.165, 1.54) is 0 Å². The van der Waals surface area contributed by atoms with Crippen molar-refractivity contribution in [2.75, 3.05) is 31.1 Å². The fourth-order valence-corrected chi connectivity index (χ4v) is 6.73. The van der Waals surface area contributed by atoms with E-state index in [1.54, 1.807) is 14.7 Å². The Morgan fingerprint density at radius 1 is 1.05 bits per heavy atom. The molecule has 1 unspecified atom stereocenters. The Bertz CT molecular complexity index is 1120. The topological polar surface area (TPSA) is 90.4 Å². The molecule has 38 heavy (non-hydrogen) atoms. The Hall–Kier alpha value is -2.97. The third kappa shape index (κ3) is 4.28. The minimum absolute atomic E-state index is 0.172. The van der Waals surface area contributed by atoms with Gasteiger partial charge in [0, 0.05) is 25.3 Å². The quantitative estimate of drug-likeness (QED) is 0.532. The maximum atomic E-state index is 14.4. The zero-order valence-corrected chi connectivity index (χ0v) is 22.5. The molecule has 0 saturated carbocycles. The van der Waals surface area contributed by atoms with Crippen LogP contribution in [0.15, 0.2) is 54.6 Å². The molecule has 1 spiro atoms. The molecule has 4 heterocycles. The summed E-state index contributed by atoms with van der Waals surface area (Å²) in [5.74, 6) is -2.06. The van der Waals surface area contributed by atoms with E-state index in [1.807, 2.05) is 68.5 Å². The van der Waals surface area contributed by atoms with Gasteiger partial charge in [0.15, 0.2) is 0 Å². The van der Waals surface area contributed by atoms with Crippen molar-refractivity contribution in [1.29, 1.82) is 0 Å². The number of aliphatic hydroxyl groups excluding tert-OH is 1. The monoisotopic (exact) mass is 521 g/mol. The number of hydrogen-bond donors (Lipinski definition) is 1. The highest BCUT2D eigenvalue weighted by Gasteiger charge is 2.72. The van der Waals surface area contributed by atoms with Gasteiger partial charge in [0.05, 0.1) is 30.6 Å². The molecule has 6 atom stereocenters. The molecule has 0 radical (unpaired) electrons. The Morgan fingerprint density at radius 3 is 2.50 bits per heavy atom. The average Bonchev–Trinajstić information content (AvgIpc) is 3.23. The number of likely N-dealkylation sites (tertiary alicyclic amines) is 1. The molecule has 8 nitrogen and oxygen atoms in total. The fourth-order valence-electron chi connectivity index (χ4n) is 6.73. The molecule has 1 N–H and O–H groups in total. The van der Waals surface area contributed by atoms with Crippen LogP contribution in [0.25, 0.3) is 0 Å². The first-order chi connectivity index (χ1) is 18.3. The van der Waals surface area contributed by atoms with Crippen LogP contribution in [0.2, 0.25) is 0 Å². The summed E-state index contributed by atoms with van der Waals surface area (Å²) in [7, 11) is 0. The molecule has 0 aliphatic carbocycles. The second-order valence-electron chi connectivity index (χ2n) is 11.3. The number of para-hydroxylation sites is 1. The number of aliphatic hydroxyl groups is 1. The van der Waals surface area contributed by atoms with Gasteiger partial charge in [-0.05, 0) is 30.9 Å². The number of carbonyl (C=O) groups is 3. The van der Waals surface area contributed by atoms with Crippen LogP contribution in [-0.4, -0.2) is 82.7 Å². The van der Waals surface area contributed by atoms with Gasteiger partial charge in [-0.2, -0.15) is 0 Å². The van der Waals surface area contributed by atoms with Gasteiger partial charge >= 0.3 is 0 Å². The van der Waals surface area contributed by atoms with Crippen molar-refractivity contribution in [1.82, 2.24) is 9.80 Å². The standard InChI is InChI=1S/C30H39N3O5/c1-4-5-15-31-16-10-14-30-25(28(36)33(26(30)29(31)37)22(19-34)18-20(2)3)24-23(38-30)13-9-17-32(27(24)35)21-11-7-6-8-12-21/h6-14,20,22-26,34H,4-5,15-19H2,1-3H3/t22-,23+,24-,25+,26?,30+/m1/s1. The maximum Gasteiger partial charge on any atom is 0.249 e. The smallest absolute Gasteiger partial charge is 0.249 e. The van der Waals surface area contributed by atoms with Gasteiger partial charge < -0.3 is 24.5 Å². The third-order valence-electron chi connectivity index (χ3n) is 8.38. The van der Waals surface area contributed by atoms with Crippen LogP contribution in [0.4, 0.5) is 5.69 Å². The summed E-state index contributed by atoms with van der Waals surface area (Å²) in [6, 6.07) is 7.97. The van der Waals surface area contributed by atoms with Crippen LogP contribution < -0.4 is 4.90 Å². The molecular formula is C30H39N3O5. The van der Waals surface area contributed by atoms with E-state index in [9.17, 15) is 19.5 Å². The summed E-state index contributed by atoms with van der Waals surface area (Å²) in [6.45, 7) is 7.28. The number of amides is 3. The molecule has 2 fully saturated rings. The van der Waals surface area contributed by atoms with Crippen molar-refractivity contribution < 1.29 is 24.2 Å². The van der Waals surface area contributed by atoms with Crippen molar-refractivity contribution in [3.63, 3.8) is 0 Å². The van der Waals surface area contributed by atoms with Crippen LogP contribution in [0.1, 0.15) is 40.0 Å². The molecule has 8 heteroatoms. The number of nitrogens with zero attached hydrogens (tertiary/aromatic N) is 3. The molecule has 3 amide bonds. The lowest BCUT2D eigenvalue weighted by Crippen LogP contribution is -2.58. The zero-order chi connectivity index (χ0) is 27.0. The number of carbonyl (C=O) groups excluding carboxylic acids is 3. The normalized spacial score (nSPS) is 31.4. The minimum atomic E-state index is -1.27. The van der Waals surface area contributed by atoms with E-state index in [0.29, 0.717) is 26.1 Å². The Balaban J connectivity index is 1.60. The number of unbranched alkanes of at least 4 members (excludes halogenated alkanes) is 1. The van der Waals surface area contributed by atoms with Crippen molar-refractivity contribution in [2.24, 2.45) is 17.8 Å². The third-order valence-corrected chi connectivity index (χ3v) is 8.38. The first-order valence-corrected chi connectivity index (χ1v) is 13.9. The summed E-state index contributed by atoms with van der Waals surface area (Å²) >= 11 is 0. The average molecular weight is 522 g/mol. The SMILES string of the molecule is CCCCN1CC=C[C@]23O[C@H]4C=CCN(c5ccccc5)C(=O)[C@H]4[C@H]2C(=O)N([C@@H](CO)CC(C)C)C3C1=O. The van der Waals surface area contributed by atoms with E-state index in [-0.39, 0.29) is 30.2 Å². The highest BCUT2D eigenvalue weighted by molar-refractivity contribution is 6.03. The lowest BCUT2D eigenvalue weighted by atomic mass is 9.77. The number of fused-ring (bicyclic) bond motifs is 2. The zero-order valence-electron chi connectivity index (χ0n) is 22.5. The van der Waals surface area contributed by atoms with Crippen LogP contribution in [0.5, 0.6) is 0 Å². The highest BCUT2D eigenvalue weighted by atomic mass is 16.5. The molecule has 4 aliphatic rings. The number of hydrogen-bond acceptors (Lipinski definition) is 5. The van der Waals surface area contributed by atoms with Crippen LogP contribution in [-0.2, 0) is 19.1 Å². The maximum absolute atomic E-state index is 14.4. The van der Waals surface area contributed by atoms with Crippen molar-refractivity contribution in [3.8, 4) is 0 Å². The molecule has 204 valence electrons.